The maximum Gasteiger partial charge on any atom is 0.225 e. The van der Waals surface area contributed by atoms with Crippen LogP contribution in [0.25, 0.3) is 0 Å². The third kappa shape index (κ3) is 4.60. The third-order valence-corrected chi connectivity index (χ3v) is 6.36. The summed E-state index contributed by atoms with van der Waals surface area (Å²) in [7, 11) is 0. The number of aromatic nitrogens is 1. The fraction of sp³-hybridized carbons (Fsp3) is 0.737. The number of carbonyl (C=O) groups excluding carboxylic acids is 2. The minimum absolute atomic E-state index is 0.0601. The lowest BCUT2D eigenvalue weighted by Gasteiger charge is -2.33. The lowest BCUT2D eigenvalue weighted by atomic mass is 9.85. The maximum atomic E-state index is 12.2. The average Bonchev–Trinajstić information content (AvgIpc) is 3.01. The highest BCUT2D eigenvalue weighted by atomic mass is 32.1. The molecule has 0 bridgehead atoms. The predicted octanol–water partition coefficient (Wildman–Crippen LogP) is 2.96. The molecule has 25 heavy (non-hydrogen) atoms. The van der Waals surface area contributed by atoms with E-state index in [1.54, 1.807) is 11.3 Å². The van der Waals surface area contributed by atoms with Gasteiger partial charge in [0.25, 0.3) is 0 Å². The molecule has 2 amide bonds. The first-order valence-electron chi connectivity index (χ1n) is 9.55. The lowest BCUT2D eigenvalue weighted by Crippen LogP contribution is -2.41. The molecule has 2 fully saturated rings. The Balaban J connectivity index is 1.48. The number of likely N-dealkylation sites (tertiary alicyclic amines) is 1. The highest BCUT2D eigenvalue weighted by Crippen LogP contribution is 2.30. The second kappa shape index (κ2) is 8.30. The summed E-state index contributed by atoms with van der Waals surface area (Å²) in [6.45, 7) is 6.26. The quantitative estimate of drug-likeness (QED) is 0.845. The molecule has 2 aliphatic rings. The molecule has 0 unspecified atom stereocenters. The molecule has 1 atom stereocenters. The van der Waals surface area contributed by atoms with Crippen LogP contribution in [0.15, 0.2) is 5.38 Å². The molecular weight excluding hydrogens is 334 g/mol. The van der Waals surface area contributed by atoms with Crippen LogP contribution in [0.3, 0.4) is 0 Å². The second-order valence-electron chi connectivity index (χ2n) is 7.62. The Bertz CT molecular complexity index is 610. The molecule has 1 N–H and O–H groups in total. The smallest absolute Gasteiger partial charge is 0.225 e. The first-order chi connectivity index (χ1) is 12.0. The van der Waals surface area contributed by atoms with Crippen molar-refractivity contribution in [3.8, 4) is 0 Å². The van der Waals surface area contributed by atoms with Crippen LogP contribution in [-0.4, -0.2) is 41.3 Å². The number of piperidine rings is 1. The summed E-state index contributed by atoms with van der Waals surface area (Å²) in [6.07, 6.45) is 6.21. The predicted molar refractivity (Wildman–Crippen MR) is 99.6 cm³/mol. The molecule has 5 nitrogen and oxygen atoms in total. The fourth-order valence-electron chi connectivity index (χ4n) is 3.50. The third-order valence-electron chi connectivity index (χ3n) is 5.30. The highest BCUT2D eigenvalue weighted by Gasteiger charge is 2.28. The largest absolute Gasteiger partial charge is 0.355 e. The average molecular weight is 364 g/mol. The summed E-state index contributed by atoms with van der Waals surface area (Å²) in [5.41, 5.74) is 1.06. The van der Waals surface area contributed by atoms with Crippen LogP contribution < -0.4 is 5.32 Å². The molecule has 138 valence electrons. The van der Waals surface area contributed by atoms with E-state index in [1.807, 2.05) is 18.7 Å². The minimum Gasteiger partial charge on any atom is -0.355 e. The van der Waals surface area contributed by atoms with Crippen molar-refractivity contribution >= 4 is 23.2 Å². The van der Waals surface area contributed by atoms with Crippen LogP contribution >= 0.6 is 11.3 Å². The van der Waals surface area contributed by atoms with Crippen LogP contribution in [0.1, 0.15) is 62.6 Å². The normalized spacial score (nSPS) is 21.2. The molecule has 1 aromatic heterocycles. The maximum absolute atomic E-state index is 12.2. The SMILES string of the molecule is CC(C)C(=O)N1CCC[C@H](c2nc(CCNC(=O)C3CCC3)cs2)C1. The number of hydrogen-bond donors (Lipinski definition) is 1. The van der Waals surface area contributed by atoms with Crippen LogP contribution in [-0.2, 0) is 16.0 Å². The van der Waals surface area contributed by atoms with Crippen molar-refractivity contribution in [2.45, 2.75) is 58.3 Å². The topological polar surface area (TPSA) is 62.3 Å². The Morgan fingerprint density at radius 3 is 2.80 bits per heavy atom. The van der Waals surface area contributed by atoms with Crippen molar-refractivity contribution in [2.75, 3.05) is 19.6 Å². The second-order valence-corrected chi connectivity index (χ2v) is 8.51. The number of thiazole rings is 1. The van der Waals surface area contributed by atoms with E-state index in [-0.39, 0.29) is 23.7 Å². The summed E-state index contributed by atoms with van der Waals surface area (Å²) in [6, 6.07) is 0. The number of rotatable bonds is 6. The molecule has 0 aromatic carbocycles. The van der Waals surface area contributed by atoms with Crippen molar-refractivity contribution in [3.05, 3.63) is 16.1 Å². The molecule has 2 heterocycles. The van der Waals surface area contributed by atoms with Gasteiger partial charge >= 0.3 is 0 Å². The van der Waals surface area contributed by atoms with Crippen molar-refractivity contribution in [2.24, 2.45) is 11.8 Å². The van der Waals surface area contributed by atoms with Gasteiger partial charge in [0, 0.05) is 49.2 Å². The van der Waals surface area contributed by atoms with Crippen molar-refractivity contribution < 1.29 is 9.59 Å². The van der Waals surface area contributed by atoms with Crippen LogP contribution in [0.2, 0.25) is 0 Å². The molecule has 1 saturated heterocycles. The van der Waals surface area contributed by atoms with E-state index in [9.17, 15) is 9.59 Å². The molecular formula is C19H29N3O2S. The van der Waals surface area contributed by atoms with Gasteiger partial charge in [0.15, 0.2) is 0 Å². The Hall–Kier alpha value is -1.43. The van der Waals surface area contributed by atoms with E-state index in [2.05, 4.69) is 10.7 Å². The summed E-state index contributed by atoms with van der Waals surface area (Å²) in [5.74, 6) is 1.12. The monoisotopic (exact) mass is 363 g/mol. The molecule has 1 aromatic rings. The van der Waals surface area contributed by atoms with Gasteiger partial charge in [0.2, 0.25) is 11.8 Å². The van der Waals surface area contributed by atoms with Crippen LogP contribution in [0, 0.1) is 11.8 Å². The van der Waals surface area contributed by atoms with E-state index in [0.717, 1.165) is 55.9 Å². The molecule has 1 aliphatic heterocycles. The number of nitrogens with one attached hydrogen (secondary N) is 1. The standard InChI is InChI=1S/C19H29N3O2S/c1-13(2)19(24)22-10-4-7-15(11-22)18-21-16(12-25-18)8-9-20-17(23)14-5-3-6-14/h12-15H,3-11H2,1-2H3,(H,20,23)/t15-/m0/s1. The molecule has 1 saturated carbocycles. The zero-order valence-corrected chi connectivity index (χ0v) is 16.1. The Morgan fingerprint density at radius 1 is 1.32 bits per heavy atom. The van der Waals surface area contributed by atoms with Crippen LogP contribution in [0.5, 0.6) is 0 Å². The van der Waals surface area contributed by atoms with Crippen molar-refractivity contribution in [3.63, 3.8) is 0 Å². The number of hydrogen-bond acceptors (Lipinski definition) is 4. The summed E-state index contributed by atoms with van der Waals surface area (Å²) in [4.78, 5) is 30.9. The van der Waals surface area contributed by atoms with Gasteiger partial charge < -0.3 is 10.2 Å². The van der Waals surface area contributed by atoms with Gasteiger partial charge in [-0.15, -0.1) is 11.3 Å². The zero-order chi connectivity index (χ0) is 17.8. The lowest BCUT2D eigenvalue weighted by molar-refractivity contribution is -0.135. The first-order valence-corrected chi connectivity index (χ1v) is 10.4. The van der Waals surface area contributed by atoms with Crippen molar-refractivity contribution in [1.29, 1.82) is 0 Å². The first kappa shape index (κ1) is 18.4. The summed E-state index contributed by atoms with van der Waals surface area (Å²) < 4.78 is 0. The van der Waals surface area contributed by atoms with Gasteiger partial charge in [-0.05, 0) is 25.7 Å². The summed E-state index contributed by atoms with van der Waals surface area (Å²) >= 11 is 1.70. The summed E-state index contributed by atoms with van der Waals surface area (Å²) in [5, 5.41) is 6.27. The molecule has 0 radical (unpaired) electrons. The molecule has 6 heteroatoms. The van der Waals surface area contributed by atoms with Gasteiger partial charge in [-0.1, -0.05) is 20.3 Å². The Morgan fingerprint density at radius 2 is 2.12 bits per heavy atom. The number of nitrogens with zero attached hydrogens (tertiary/aromatic N) is 2. The number of carbonyl (C=O) groups is 2. The number of amides is 2. The molecule has 3 rings (SSSR count). The van der Waals surface area contributed by atoms with E-state index < -0.39 is 0 Å². The van der Waals surface area contributed by atoms with E-state index in [0.29, 0.717) is 12.5 Å². The fourth-order valence-corrected chi connectivity index (χ4v) is 4.48. The molecule has 1 aliphatic carbocycles. The Kier molecular flexibility index (Phi) is 6.10. The highest BCUT2D eigenvalue weighted by molar-refractivity contribution is 7.09. The van der Waals surface area contributed by atoms with Crippen LogP contribution in [0.4, 0.5) is 0 Å². The van der Waals surface area contributed by atoms with E-state index in [4.69, 9.17) is 4.98 Å². The van der Waals surface area contributed by atoms with E-state index >= 15 is 0 Å². The van der Waals surface area contributed by atoms with Gasteiger partial charge in [-0.25, -0.2) is 4.98 Å². The molecule has 0 spiro atoms. The minimum atomic E-state index is 0.0601. The Labute approximate surface area is 154 Å². The zero-order valence-electron chi connectivity index (χ0n) is 15.3. The van der Waals surface area contributed by atoms with Gasteiger partial charge in [-0.3, -0.25) is 9.59 Å². The van der Waals surface area contributed by atoms with Gasteiger partial charge in [-0.2, -0.15) is 0 Å². The van der Waals surface area contributed by atoms with Crippen molar-refractivity contribution in [1.82, 2.24) is 15.2 Å². The van der Waals surface area contributed by atoms with Gasteiger partial charge in [0.1, 0.15) is 0 Å². The van der Waals surface area contributed by atoms with E-state index in [1.165, 1.54) is 6.42 Å². The van der Waals surface area contributed by atoms with Gasteiger partial charge in [0.05, 0.1) is 10.7 Å².